The van der Waals surface area contributed by atoms with Crippen molar-refractivity contribution in [2.24, 2.45) is 7.05 Å². The highest BCUT2D eigenvalue weighted by Gasteiger charge is 2.30. The lowest BCUT2D eigenvalue weighted by Gasteiger charge is -2.25. The van der Waals surface area contributed by atoms with Gasteiger partial charge in [0.1, 0.15) is 5.75 Å². The second kappa shape index (κ2) is 9.65. The summed E-state index contributed by atoms with van der Waals surface area (Å²) in [6.07, 6.45) is 8.52. The fraction of sp³-hybridized carbons (Fsp3) is 0.583. The Morgan fingerprint density at radius 3 is 2.73 bits per heavy atom. The van der Waals surface area contributed by atoms with Gasteiger partial charge in [-0.3, -0.25) is 9.48 Å². The molecule has 1 aliphatic heterocycles. The van der Waals surface area contributed by atoms with Crippen molar-refractivity contribution in [1.29, 1.82) is 0 Å². The number of nitrogens with zero attached hydrogens (tertiary/aromatic N) is 3. The van der Waals surface area contributed by atoms with Crippen molar-refractivity contribution >= 4 is 5.91 Å². The first-order chi connectivity index (χ1) is 14.7. The molecular weight excluding hydrogens is 376 g/mol. The third-order valence-electron chi connectivity index (χ3n) is 6.57. The maximum absolute atomic E-state index is 13.2. The predicted octanol–water partition coefficient (Wildman–Crippen LogP) is 3.13. The van der Waals surface area contributed by atoms with Crippen molar-refractivity contribution < 1.29 is 9.53 Å². The van der Waals surface area contributed by atoms with Crippen LogP contribution in [-0.2, 0) is 26.3 Å². The minimum absolute atomic E-state index is 0.128. The van der Waals surface area contributed by atoms with E-state index in [1.165, 1.54) is 24.1 Å². The lowest BCUT2D eigenvalue weighted by atomic mass is 9.91. The molecule has 0 radical (unpaired) electrons. The van der Waals surface area contributed by atoms with Crippen LogP contribution < -0.4 is 10.1 Å². The number of hydrogen-bond donors (Lipinski definition) is 1. The van der Waals surface area contributed by atoms with Crippen LogP contribution in [0.1, 0.15) is 59.4 Å². The summed E-state index contributed by atoms with van der Waals surface area (Å²) < 4.78 is 7.40. The standard InChI is InChI=1S/C24H34N4O2/c1-27-21-12-11-19(25-14-13-18-9-5-6-10-22(18)30-2)17-20(21)23(26-27)24(29)28-15-7-3-4-8-16-28/h5-6,9-10,19,25H,3-4,7-8,11-17H2,1-2H3/t19-/m0/s1. The first kappa shape index (κ1) is 20.9. The number of fused-ring (bicyclic) bond motifs is 1. The van der Waals surface area contributed by atoms with E-state index in [0.717, 1.165) is 69.5 Å². The maximum Gasteiger partial charge on any atom is 0.274 e. The molecule has 0 spiro atoms. The van der Waals surface area contributed by atoms with Gasteiger partial charge in [0.25, 0.3) is 5.91 Å². The van der Waals surface area contributed by atoms with Crippen LogP contribution >= 0.6 is 0 Å². The molecule has 1 saturated heterocycles. The molecule has 6 nitrogen and oxygen atoms in total. The highest BCUT2D eigenvalue weighted by atomic mass is 16.5. The second-order valence-corrected chi connectivity index (χ2v) is 8.56. The summed E-state index contributed by atoms with van der Waals surface area (Å²) in [5, 5.41) is 8.37. The topological polar surface area (TPSA) is 59.4 Å². The van der Waals surface area contributed by atoms with Gasteiger partial charge in [0, 0.05) is 37.4 Å². The first-order valence-corrected chi connectivity index (χ1v) is 11.4. The average molecular weight is 411 g/mol. The Morgan fingerprint density at radius 2 is 1.97 bits per heavy atom. The van der Waals surface area contributed by atoms with Gasteiger partial charge in [-0.15, -0.1) is 0 Å². The third-order valence-corrected chi connectivity index (χ3v) is 6.57. The molecule has 162 valence electrons. The maximum atomic E-state index is 13.2. The lowest BCUT2D eigenvalue weighted by molar-refractivity contribution is 0.0753. The number of aryl methyl sites for hydroxylation is 1. The molecule has 30 heavy (non-hydrogen) atoms. The Hall–Kier alpha value is -2.34. The number of likely N-dealkylation sites (tertiary alicyclic amines) is 1. The molecule has 1 aliphatic carbocycles. The average Bonchev–Trinajstić information content (AvgIpc) is 2.94. The Bertz CT molecular complexity index is 868. The van der Waals surface area contributed by atoms with E-state index in [1.54, 1.807) is 7.11 Å². The van der Waals surface area contributed by atoms with E-state index < -0.39 is 0 Å². The number of amides is 1. The molecule has 1 amide bonds. The molecule has 1 fully saturated rings. The number of methoxy groups -OCH3 is 1. The molecular formula is C24H34N4O2. The summed E-state index contributed by atoms with van der Waals surface area (Å²) in [6.45, 7) is 2.63. The van der Waals surface area contributed by atoms with E-state index in [-0.39, 0.29) is 5.91 Å². The van der Waals surface area contributed by atoms with Crippen molar-refractivity contribution in [3.05, 3.63) is 46.8 Å². The molecule has 0 saturated carbocycles. The molecule has 1 atom stereocenters. The van der Waals surface area contributed by atoms with Gasteiger partial charge in [-0.2, -0.15) is 5.10 Å². The molecule has 0 unspecified atom stereocenters. The van der Waals surface area contributed by atoms with Crippen LogP contribution in [0.25, 0.3) is 0 Å². The highest BCUT2D eigenvalue weighted by Crippen LogP contribution is 2.26. The molecule has 2 heterocycles. The van der Waals surface area contributed by atoms with Gasteiger partial charge in [0.15, 0.2) is 5.69 Å². The van der Waals surface area contributed by atoms with Crippen molar-refractivity contribution in [2.45, 2.75) is 57.4 Å². The quantitative estimate of drug-likeness (QED) is 0.795. The number of nitrogens with one attached hydrogen (secondary N) is 1. The zero-order valence-electron chi connectivity index (χ0n) is 18.3. The molecule has 6 heteroatoms. The Kier molecular flexibility index (Phi) is 6.72. The summed E-state index contributed by atoms with van der Waals surface area (Å²) in [5.41, 5.74) is 4.30. The van der Waals surface area contributed by atoms with Gasteiger partial charge in [-0.1, -0.05) is 31.0 Å². The van der Waals surface area contributed by atoms with Gasteiger partial charge in [0.2, 0.25) is 0 Å². The molecule has 2 aliphatic rings. The number of para-hydroxylation sites is 1. The van der Waals surface area contributed by atoms with Crippen molar-refractivity contribution in [3.63, 3.8) is 0 Å². The van der Waals surface area contributed by atoms with Crippen LogP contribution in [0.5, 0.6) is 5.75 Å². The van der Waals surface area contributed by atoms with E-state index >= 15 is 0 Å². The zero-order chi connectivity index (χ0) is 20.9. The fourth-order valence-corrected chi connectivity index (χ4v) is 4.88. The summed E-state index contributed by atoms with van der Waals surface area (Å²) in [7, 11) is 3.70. The fourth-order valence-electron chi connectivity index (χ4n) is 4.88. The van der Waals surface area contributed by atoms with Gasteiger partial charge in [-0.25, -0.2) is 0 Å². The predicted molar refractivity (Wildman–Crippen MR) is 118 cm³/mol. The summed E-state index contributed by atoms with van der Waals surface area (Å²) in [5.74, 6) is 1.08. The van der Waals surface area contributed by atoms with Crippen LogP contribution in [0, 0.1) is 0 Å². The van der Waals surface area contributed by atoms with Crippen LogP contribution in [0.15, 0.2) is 24.3 Å². The van der Waals surface area contributed by atoms with E-state index in [0.29, 0.717) is 11.7 Å². The number of carbonyl (C=O) groups excluding carboxylic acids is 1. The molecule has 1 aromatic heterocycles. The molecule has 1 N–H and O–H groups in total. The van der Waals surface area contributed by atoms with Gasteiger partial charge >= 0.3 is 0 Å². The number of benzene rings is 1. The summed E-state index contributed by atoms with van der Waals surface area (Å²) in [6, 6.07) is 8.58. The molecule has 1 aromatic carbocycles. The first-order valence-electron chi connectivity index (χ1n) is 11.4. The van der Waals surface area contributed by atoms with Gasteiger partial charge in [-0.05, 0) is 56.7 Å². The lowest BCUT2D eigenvalue weighted by Crippen LogP contribution is -2.37. The monoisotopic (exact) mass is 410 g/mol. The number of aromatic nitrogens is 2. The third kappa shape index (κ3) is 4.53. The van der Waals surface area contributed by atoms with E-state index in [1.807, 2.05) is 28.8 Å². The SMILES string of the molecule is COc1ccccc1CCN[C@H]1CCc2c(c(C(=O)N3CCCCCC3)nn2C)C1. The minimum Gasteiger partial charge on any atom is -0.496 e. The second-order valence-electron chi connectivity index (χ2n) is 8.56. The van der Waals surface area contributed by atoms with Crippen molar-refractivity contribution in [1.82, 2.24) is 20.0 Å². The molecule has 0 bridgehead atoms. The largest absolute Gasteiger partial charge is 0.496 e. The number of ether oxygens (including phenoxy) is 1. The van der Waals surface area contributed by atoms with Crippen molar-refractivity contribution in [2.75, 3.05) is 26.7 Å². The number of carbonyl (C=O) groups is 1. The Balaban J connectivity index is 1.41. The minimum atomic E-state index is 0.128. The Labute approximate surface area is 179 Å². The van der Waals surface area contributed by atoms with Crippen LogP contribution in [0.4, 0.5) is 0 Å². The van der Waals surface area contributed by atoms with Crippen LogP contribution in [-0.4, -0.2) is 53.4 Å². The van der Waals surface area contributed by atoms with E-state index in [9.17, 15) is 4.79 Å². The molecule has 2 aromatic rings. The van der Waals surface area contributed by atoms with Crippen molar-refractivity contribution in [3.8, 4) is 5.75 Å². The van der Waals surface area contributed by atoms with Crippen LogP contribution in [0.2, 0.25) is 0 Å². The summed E-state index contributed by atoms with van der Waals surface area (Å²) in [4.78, 5) is 15.3. The number of rotatable bonds is 6. The smallest absolute Gasteiger partial charge is 0.274 e. The highest BCUT2D eigenvalue weighted by molar-refractivity contribution is 5.94. The van der Waals surface area contributed by atoms with Gasteiger partial charge in [0.05, 0.1) is 7.11 Å². The van der Waals surface area contributed by atoms with E-state index in [4.69, 9.17) is 4.74 Å². The van der Waals surface area contributed by atoms with Gasteiger partial charge < -0.3 is 15.0 Å². The normalized spacial score (nSPS) is 19.3. The van der Waals surface area contributed by atoms with E-state index in [2.05, 4.69) is 22.5 Å². The zero-order valence-corrected chi connectivity index (χ0v) is 18.3. The Morgan fingerprint density at radius 1 is 1.20 bits per heavy atom. The summed E-state index contributed by atoms with van der Waals surface area (Å²) >= 11 is 0. The number of hydrogen-bond acceptors (Lipinski definition) is 4. The van der Waals surface area contributed by atoms with Crippen LogP contribution in [0.3, 0.4) is 0 Å². The molecule has 4 rings (SSSR count).